The molecular formula is C23H26N2O2. The van der Waals surface area contributed by atoms with Gasteiger partial charge in [-0.2, -0.15) is 0 Å². The van der Waals surface area contributed by atoms with Crippen LogP contribution in [0.15, 0.2) is 60.7 Å². The van der Waals surface area contributed by atoms with E-state index < -0.39 is 0 Å². The van der Waals surface area contributed by atoms with Gasteiger partial charge in [0.1, 0.15) is 0 Å². The van der Waals surface area contributed by atoms with Gasteiger partial charge in [0.05, 0.1) is 0 Å². The third-order valence-corrected chi connectivity index (χ3v) is 4.98. The van der Waals surface area contributed by atoms with Crippen LogP contribution in [0.5, 0.6) is 0 Å². The predicted molar refractivity (Wildman–Crippen MR) is 108 cm³/mol. The molecule has 0 unspecified atom stereocenters. The van der Waals surface area contributed by atoms with Crippen LogP contribution >= 0.6 is 0 Å². The Bertz CT molecular complexity index is 789. The SMILES string of the molecule is CCc1ccc(/C=C/C(=O)N2CCC(NC(=O)c3ccccc3)CC2)cc1. The van der Waals surface area contributed by atoms with Gasteiger partial charge in [0.15, 0.2) is 0 Å². The molecule has 0 saturated carbocycles. The maximum Gasteiger partial charge on any atom is 0.251 e. The number of nitrogens with one attached hydrogen (secondary N) is 1. The zero-order valence-corrected chi connectivity index (χ0v) is 15.7. The Hall–Kier alpha value is -2.88. The Morgan fingerprint density at radius 1 is 1.04 bits per heavy atom. The molecular weight excluding hydrogens is 336 g/mol. The number of nitrogens with zero attached hydrogens (tertiary/aromatic N) is 1. The van der Waals surface area contributed by atoms with Crippen LogP contribution in [-0.2, 0) is 11.2 Å². The van der Waals surface area contributed by atoms with E-state index in [1.807, 2.05) is 53.4 Å². The summed E-state index contributed by atoms with van der Waals surface area (Å²) in [5.74, 6) is -0.0156. The quantitative estimate of drug-likeness (QED) is 0.825. The van der Waals surface area contributed by atoms with Crippen LogP contribution < -0.4 is 5.32 Å². The van der Waals surface area contributed by atoms with E-state index in [0.29, 0.717) is 18.7 Å². The summed E-state index contributed by atoms with van der Waals surface area (Å²) in [7, 11) is 0. The van der Waals surface area contributed by atoms with Crippen molar-refractivity contribution in [2.24, 2.45) is 0 Å². The average Bonchev–Trinajstić information content (AvgIpc) is 2.73. The first-order chi connectivity index (χ1) is 13.2. The number of benzene rings is 2. The third kappa shape index (κ3) is 5.30. The molecule has 3 rings (SSSR count). The van der Waals surface area contributed by atoms with E-state index in [2.05, 4.69) is 24.4 Å². The molecule has 1 saturated heterocycles. The molecule has 140 valence electrons. The molecule has 27 heavy (non-hydrogen) atoms. The van der Waals surface area contributed by atoms with E-state index in [1.54, 1.807) is 6.08 Å². The first-order valence-electron chi connectivity index (χ1n) is 9.57. The summed E-state index contributed by atoms with van der Waals surface area (Å²) < 4.78 is 0. The fraction of sp³-hybridized carbons (Fsp3) is 0.304. The van der Waals surface area contributed by atoms with Crippen molar-refractivity contribution >= 4 is 17.9 Å². The minimum Gasteiger partial charge on any atom is -0.349 e. The highest BCUT2D eigenvalue weighted by Gasteiger charge is 2.23. The van der Waals surface area contributed by atoms with Crippen molar-refractivity contribution in [2.75, 3.05) is 13.1 Å². The van der Waals surface area contributed by atoms with E-state index in [9.17, 15) is 9.59 Å². The second kappa shape index (κ2) is 9.17. The molecule has 0 spiro atoms. The molecule has 4 heteroatoms. The Kier molecular flexibility index (Phi) is 6.42. The highest BCUT2D eigenvalue weighted by Crippen LogP contribution is 2.13. The molecule has 1 fully saturated rings. The molecule has 1 aliphatic rings. The van der Waals surface area contributed by atoms with Gasteiger partial charge in [0.2, 0.25) is 5.91 Å². The highest BCUT2D eigenvalue weighted by molar-refractivity contribution is 5.94. The molecule has 2 aromatic carbocycles. The number of hydrogen-bond donors (Lipinski definition) is 1. The number of rotatable bonds is 5. The molecule has 0 atom stereocenters. The van der Waals surface area contributed by atoms with Gasteiger partial charge >= 0.3 is 0 Å². The zero-order chi connectivity index (χ0) is 19.1. The lowest BCUT2D eigenvalue weighted by Crippen LogP contribution is -2.46. The number of amides is 2. The van der Waals surface area contributed by atoms with Gasteiger partial charge in [0.25, 0.3) is 5.91 Å². The summed E-state index contributed by atoms with van der Waals surface area (Å²) in [6.07, 6.45) is 6.08. The number of piperidine rings is 1. The van der Waals surface area contributed by atoms with Crippen LogP contribution in [0.4, 0.5) is 0 Å². The molecule has 0 radical (unpaired) electrons. The molecule has 2 aromatic rings. The van der Waals surface area contributed by atoms with Gasteiger partial charge in [-0.05, 0) is 48.6 Å². The fourth-order valence-corrected chi connectivity index (χ4v) is 3.24. The van der Waals surface area contributed by atoms with E-state index in [1.165, 1.54) is 5.56 Å². The van der Waals surface area contributed by atoms with E-state index in [-0.39, 0.29) is 17.9 Å². The van der Waals surface area contributed by atoms with Gasteiger partial charge in [0, 0.05) is 30.8 Å². The molecule has 4 nitrogen and oxygen atoms in total. The van der Waals surface area contributed by atoms with Gasteiger partial charge in [-0.1, -0.05) is 49.4 Å². The van der Waals surface area contributed by atoms with E-state index >= 15 is 0 Å². The summed E-state index contributed by atoms with van der Waals surface area (Å²) >= 11 is 0. The van der Waals surface area contributed by atoms with Crippen LogP contribution in [0.25, 0.3) is 6.08 Å². The number of carbonyl (C=O) groups excluding carboxylic acids is 2. The van der Waals surface area contributed by atoms with Gasteiger partial charge < -0.3 is 10.2 Å². The van der Waals surface area contributed by atoms with Crippen molar-refractivity contribution in [3.8, 4) is 0 Å². The number of likely N-dealkylation sites (tertiary alicyclic amines) is 1. The van der Waals surface area contributed by atoms with Gasteiger partial charge in [-0.25, -0.2) is 0 Å². The monoisotopic (exact) mass is 362 g/mol. The van der Waals surface area contributed by atoms with Gasteiger partial charge in [-0.3, -0.25) is 9.59 Å². The maximum absolute atomic E-state index is 12.4. The normalized spacial score (nSPS) is 15.1. The van der Waals surface area contributed by atoms with Crippen LogP contribution in [0.2, 0.25) is 0 Å². The zero-order valence-electron chi connectivity index (χ0n) is 15.7. The standard InChI is InChI=1S/C23H26N2O2/c1-2-18-8-10-19(11-9-18)12-13-22(26)25-16-14-21(15-17-25)24-23(27)20-6-4-3-5-7-20/h3-13,21H,2,14-17H2,1H3,(H,24,27)/b13-12+. The van der Waals surface area contributed by atoms with E-state index in [4.69, 9.17) is 0 Å². The Morgan fingerprint density at radius 2 is 1.70 bits per heavy atom. The number of aryl methyl sites for hydroxylation is 1. The molecule has 1 heterocycles. The van der Waals surface area contributed by atoms with Crippen molar-refractivity contribution in [3.05, 3.63) is 77.4 Å². The molecule has 0 bridgehead atoms. The van der Waals surface area contributed by atoms with Gasteiger partial charge in [-0.15, -0.1) is 0 Å². The van der Waals surface area contributed by atoms with E-state index in [0.717, 1.165) is 24.8 Å². The summed E-state index contributed by atoms with van der Waals surface area (Å²) in [5, 5.41) is 3.07. The highest BCUT2D eigenvalue weighted by atomic mass is 16.2. The lowest BCUT2D eigenvalue weighted by molar-refractivity contribution is -0.126. The first-order valence-corrected chi connectivity index (χ1v) is 9.57. The van der Waals surface area contributed by atoms with Crippen LogP contribution in [0.1, 0.15) is 41.3 Å². The molecule has 0 aromatic heterocycles. The Balaban J connectivity index is 1.47. The Morgan fingerprint density at radius 3 is 2.33 bits per heavy atom. The maximum atomic E-state index is 12.4. The average molecular weight is 362 g/mol. The number of hydrogen-bond acceptors (Lipinski definition) is 2. The predicted octanol–water partition coefficient (Wildman–Crippen LogP) is 3.68. The fourth-order valence-electron chi connectivity index (χ4n) is 3.24. The summed E-state index contributed by atoms with van der Waals surface area (Å²) in [5.41, 5.74) is 3.00. The van der Waals surface area contributed by atoms with Crippen LogP contribution in [0.3, 0.4) is 0 Å². The van der Waals surface area contributed by atoms with Crippen LogP contribution in [-0.4, -0.2) is 35.8 Å². The summed E-state index contributed by atoms with van der Waals surface area (Å²) in [6, 6.07) is 17.6. The number of carbonyl (C=O) groups is 2. The lowest BCUT2D eigenvalue weighted by atomic mass is 10.0. The Labute approximate surface area is 160 Å². The smallest absolute Gasteiger partial charge is 0.251 e. The molecule has 0 aliphatic carbocycles. The van der Waals surface area contributed by atoms with Crippen molar-refractivity contribution in [2.45, 2.75) is 32.2 Å². The largest absolute Gasteiger partial charge is 0.349 e. The lowest BCUT2D eigenvalue weighted by Gasteiger charge is -2.31. The van der Waals surface area contributed by atoms with Crippen molar-refractivity contribution in [3.63, 3.8) is 0 Å². The summed E-state index contributed by atoms with van der Waals surface area (Å²) in [6.45, 7) is 3.45. The molecule has 2 amide bonds. The second-order valence-electron chi connectivity index (χ2n) is 6.87. The van der Waals surface area contributed by atoms with Crippen molar-refractivity contribution in [1.82, 2.24) is 10.2 Å². The first kappa shape index (κ1) is 18.9. The van der Waals surface area contributed by atoms with Crippen LogP contribution in [0, 0.1) is 0 Å². The minimum absolute atomic E-state index is 0.0300. The summed E-state index contributed by atoms with van der Waals surface area (Å²) in [4.78, 5) is 26.5. The third-order valence-electron chi connectivity index (χ3n) is 4.98. The molecule has 1 aliphatic heterocycles. The topological polar surface area (TPSA) is 49.4 Å². The minimum atomic E-state index is -0.0456. The second-order valence-corrected chi connectivity index (χ2v) is 6.87. The van der Waals surface area contributed by atoms with Crippen molar-refractivity contribution < 1.29 is 9.59 Å². The van der Waals surface area contributed by atoms with Crippen molar-refractivity contribution in [1.29, 1.82) is 0 Å². The molecule has 1 N–H and O–H groups in total.